The maximum absolute atomic E-state index is 12.6. The third-order valence-corrected chi connectivity index (χ3v) is 5.54. The summed E-state index contributed by atoms with van der Waals surface area (Å²) in [5.74, 6) is -3.24. The van der Waals surface area contributed by atoms with Crippen molar-refractivity contribution in [3.05, 3.63) is 36.0 Å². The van der Waals surface area contributed by atoms with Crippen LogP contribution in [0.5, 0.6) is 0 Å². The minimum atomic E-state index is -1.22. The smallest absolute Gasteiger partial charge is 0.325 e. The zero-order chi connectivity index (χ0) is 23.8. The third-order valence-electron chi connectivity index (χ3n) is 4.81. The van der Waals surface area contributed by atoms with Crippen LogP contribution in [-0.4, -0.2) is 69.5 Å². The lowest BCUT2D eigenvalue weighted by Gasteiger charge is -2.23. The second-order valence-electron chi connectivity index (χ2n) is 7.23. The molecule has 1 aromatic heterocycles. The van der Waals surface area contributed by atoms with Crippen LogP contribution in [0, 0.1) is 0 Å². The maximum atomic E-state index is 12.6. The zero-order valence-corrected chi connectivity index (χ0v) is 19.2. The fraction of sp³-hybridized carbons (Fsp3) is 0.400. The van der Waals surface area contributed by atoms with Gasteiger partial charge in [-0.1, -0.05) is 18.2 Å². The maximum Gasteiger partial charge on any atom is 0.325 e. The molecule has 4 unspecified atom stereocenters. The highest BCUT2D eigenvalue weighted by Crippen LogP contribution is 2.18. The monoisotopic (exact) mass is 481 g/mol. The first-order chi connectivity index (χ1) is 15.2. The fourth-order valence-electron chi connectivity index (χ4n) is 2.95. The number of aromatic nitrogens is 1. The first kappa shape index (κ1) is 25.6. The SMILES string of the molecule is CC(NC(=O)C(CS)NC(=O)C(CS)NC(=O)C(N)Cc1c[nH]c2ccccc12)C(=O)O. The van der Waals surface area contributed by atoms with Crippen molar-refractivity contribution in [2.75, 3.05) is 11.5 Å². The summed E-state index contributed by atoms with van der Waals surface area (Å²) in [6.45, 7) is 1.30. The molecule has 12 heteroatoms. The quantitative estimate of drug-likeness (QED) is 0.201. The Morgan fingerprint density at radius 2 is 1.56 bits per heavy atom. The number of rotatable bonds is 11. The average molecular weight is 482 g/mol. The van der Waals surface area contributed by atoms with E-state index in [1.807, 2.05) is 24.3 Å². The predicted molar refractivity (Wildman–Crippen MR) is 127 cm³/mol. The number of carbonyl (C=O) groups is 4. The highest BCUT2D eigenvalue weighted by atomic mass is 32.1. The number of para-hydroxylation sites is 1. The van der Waals surface area contributed by atoms with Crippen molar-refractivity contribution in [1.29, 1.82) is 0 Å². The van der Waals surface area contributed by atoms with Crippen molar-refractivity contribution in [3.8, 4) is 0 Å². The molecular formula is C20H27N5O5S2. The van der Waals surface area contributed by atoms with Gasteiger partial charge in [0.05, 0.1) is 6.04 Å². The van der Waals surface area contributed by atoms with E-state index in [1.54, 1.807) is 6.20 Å². The number of hydrogen-bond donors (Lipinski definition) is 8. The van der Waals surface area contributed by atoms with Crippen molar-refractivity contribution in [1.82, 2.24) is 20.9 Å². The van der Waals surface area contributed by atoms with Crippen LogP contribution < -0.4 is 21.7 Å². The van der Waals surface area contributed by atoms with E-state index < -0.39 is 47.9 Å². The molecular weight excluding hydrogens is 454 g/mol. The number of amides is 3. The molecule has 1 aromatic carbocycles. The van der Waals surface area contributed by atoms with E-state index in [2.05, 4.69) is 46.2 Å². The number of benzene rings is 1. The van der Waals surface area contributed by atoms with Gasteiger partial charge in [0.1, 0.15) is 18.1 Å². The lowest BCUT2D eigenvalue weighted by molar-refractivity contribution is -0.141. The number of carboxylic acids is 1. The standard InChI is InChI=1S/C20H27N5O5S2/c1-10(20(29)30)23-18(27)15(8-31)25-19(28)16(9-32)24-17(26)13(21)6-11-7-22-14-5-3-2-4-12(11)14/h2-5,7,10,13,15-16,22,31-32H,6,8-9,21H2,1H3,(H,23,27)(H,24,26)(H,25,28)(H,29,30). The molecule has 10 nitrogen and oxygen atoms in total. The van der Waals surface area contributed by atoms with Crippen molar-refractivity contribution in [2.24, 2.45) is 5.73 Å². The molecule has 174 valence electrons. The molecule has 0 spiro atoms. The number of nitrogens with two attached hydrogens (primary N) is 1. The van der Waals surface area contributed by atoms with E-state index in [4.69, 9.17) is 10.8 Å². The third kappa shape index (κ3) is 6.65. The van der Waals surface area contributed by atoms with E-state index in [-0.39, 0.29) is 17.9 Å². The molecule has 7 N–H and O–H groups in total. The van der Waals surface area contributed by atoms with Gasteiger partial charge in [-0.15, -0.1) is 0 Å². The first-order valence-corrected chi connectivity index (χ1v) is 11.1. The molecule has 0 aliphatic heterocycles. The Morgan fingerprint density at radius 1 is 1.00 bits per heavy atom. The molecule has 0 aliphatic carbocycles. The Kier molecular flexibility index (Phi) is 9.42. The van der Waals surface area contributed by atoms with Crippen LogP contribution in [0.3, 0.4) is 0 Å². The number of fused-ring (bicyclic) bond motifs is 1. The Labute approximate surface area is 195 Å². The van der Waals surface area contributed by atoms with Gasteiger partial charge < -0.3 is 31.8 Å². The Bertz CT molecular complexity index is 982. The lowest BCUT2D eigenvalue weighted by Crippen LogP contribution is -2.58. The van der Waals surface area contributed by atoms with Gasteiger partial charge in [0.25, 0.3) is 0 Å². The fourth-order valence-corrected chi connectivity index (χ4v) is 3.46. The summed E-state index contributed by atoms with van der Waals surface area (Å²) in [5.41, 5.74) is 7.84. The normalized spacial score (nSPS) is 14.8. The molecule has 0 aliphatic rings. The average Bonchev–Trinajstić information content (AvgIpc) is 3.17. The van der Waals surface area contributed by atoms with Crippen LogP contribution in [0.25, 0.3) is 10.9 Å². The molecule has 0 saturated heterocycles. The van der Waals surface area contributed by atoms with Gasteiger partial charge >= 0.3 is 5.97 Å². The minimum absolute atomic E-state index is 0.0379. The molecule has 2 rings (SSSR count). The highest BCUT2D eigenvalue weighted by molar-refractivity contribution is 7.80. The number of carbonyl (C=O) groups excluding carboxylic acids is 3. The molecule has 32 heavy (non-hydrogen) atoms. The van der Waals surface area contributed by atoms with Gasteiger partial charge in [0.2, 0.25) is 17.7 Å². The van der Waals surface area contributed by atoms with Gasteiger partial charge in [0.15, 0.2) is 0 Å². The topological polar surface area (TPSA) is 166 Å². The zero-order valence-electron chi connectivity index (χ0n) is 17.4. The van der Waals surface area contributed by atoms with Crippen LogP contribution in [0.15, 0.2) is 30.5 Å². The van der Waals surface area contributed by atoms with Crippen molar-refractivity contribution in [2.45, 2.75) is 37.5 Å². The van der Waals surface area contributed by atoms with Crippen LogP contribution in [-0.2, 0) is 25.6 Å². The summed E-state index contributed by atoms with van der Waals surface area (Å²) >= 11 is 8.13. The van der Waals surface area contributed by atoms with E-state index in [9.17, 15) is 19.2 Å². The molecule has 0 radical (unpaired) electrons. The molecule has 2 aromatic rings. The molecule has 0 bridgehead atoms. The molecule has 3 amide bonds. The van der Waals surface area contributed by atoms with E-state index in [0.29, 0.717) is 0 Å². The van der Waals surface area contributed by atoms with Crippen molar-refractivity contribution >= 4 is 59.9 Å². The number of carboxylic acid groups (broad SMARTS) is 1. The van der Waals surface area contributed by atoms with Gasteiger partial charge in [-0.05, 0) is 25.0 Å². The Morgan fingerprint density at radius 3 is 2.16 bits per heavy atom. The second-order valence-corrected chi connectivity index (χ2v) is 7.96. The number of H-pyrrole nitrogens is 1. The van der Waals surface area contributed by atoms with Crippen LogP contribution in [0.4, 0.5) is 0 Å². The summed E-state index contributed by atoms with van der Waals surface area (Å²) in [4.78, 5) is 51.3. The minimum Gasteiger partial charge on any atom is -0.480 e. The molecule has 0 fully saturated rings. The molecule has 1 heterocycles. The van der Waals surface area contributed by atoms with Crippen LogP contribution >= 0.6 is 25.3 Å². The van der Waals surface area contributed by atoms with Gasteiger partial charge in [0, 0.05) is 28.6 Å². The largest absolute Gasteiger partial charge is 0.480 e. The van der Waals surface area contributed by atoms with Crippen molar-refractivity contribution < 1.29 is 24.3 Å². The second kappa shape index (κ2) is 11.8. The summed E-state index contributed by atoms with van der Waals surface area (Å²) in [7, 11) is 0. The molecule has 0 saturated carbocycles. The number of hydrogen-bond acceptors (Lipinski definition) is 7. The number of aliphatic carboxylic acids is 1. The lowest BCUT2D eigenvalue weighted by atomic mass is 10.0. The Hall–Kier alpha value is -2.70. The number of thiol groups is 2. The molecule has 4 atom stereocenters. The van der Waals surface area contributed by atoms with Crippen molar-refractivity contribution in [3.63, 3.8) is 0 Å². The summed E-state index contributed by atoms with van der Waals surface area (Å²) in [6, 6.07) is 3.43. The van der Waals surface area contributed by atoms with E-state index in [0.717, 1.165) is 16.5 Å². The number of aromatic amines is 1. The van der Waals surface area contributed by atoms with E-state index >= 15 is 0 Å². The Balaban J connectivity index is 1.96. The van der Waals surface area contributed by atoms with Gasteiger partial charge in [-0.25, -0.2) is 0 Å². The first-order valence-electron chi connectivity index (χ1n) is 9.84. The summed E-state index contributed by atoms with van der Waals surface area (Å²) in [5, 5.41) is 17.1. The van der Waals surface area contributed by atoms with E-state index in [1.165, 1.54) is 6.92 Å². The van der Waals surface area contributed by atoms with Gasteiger partial charge in [-0.2, -0.15) is 25.3 Å². The van der Waals surface area contributed by atoms with Crippen LogP contribution in [0.1, 0.15) is 12.5 Å². The summed E-state index contributed by atoms with van der Waals surface area (Å²) in [6.07, 6.45) is 2.04. The highest BCUT2D eigenvalue weighted by Gasteiger charge is 2.28. The predicted octanol–water partition coefficient (Wildman–Crippen LogP) is -0.544. The summed E-state index contributed by atoms with van der Waals surface area (Å²) < 4.78 is 0. The van der Waals surface area contributed by atoms with Gasteiger partial charge in [-0.3, -0.25) is 19.2 Å². The number of nitrogens with one attached hydrogen (secondary N) is 4. The van der Waals surface area contributed by atoms with Crippen LogP contribution in [0.2, 0.25) is 0 Å².